The van der Waals surface area contributed by atoms with Gasteiger partial charge in [-0.3, -0.25) is 4.79 Å². The molecule has 0 unspecified atom stereocenters. The number of nitrogens with zero attached hydrogens (tertiary/aromatic N) is 1. The molecule has 1 heterocycles. The van der Waals surface area contributed by atoms with Crippen LogP contribution in [0.15, 0.2) is 30.5 Å². The molecule has 1 aromatic carbocycles. The van der Waals surface area contributed by atoms with Crippen molar-refractivity contribution in [2.24, 2.45) is 0 Å². The molecule has 4 nitrogen and oxygen atoms in total. The van der Waals surface area contributed by atoms with E-state index in [9.17, 15) is 4.79 Å². The molecule has 0 aliphatic carbocycles. The number of methoxy groups -OCH3 is 1. The average molecular weight is 261 g/mol. The maximum atomic E-state index is 11.7. The van der Waals surface area contributed by atoms with E-state index in [-0.39, 0.29) is 12.5 Å². The van der Waals surface area contributed by atoms with Crippen molar-refractivity contribution in [2.45, 2.75) is 26.3 Å². The molecule has 102 valence electrons. The number of benzene rings is 1. The lowest BCUT2D eigenvalue weighted by molar-refractivity contribution is -0.144. The van der Waals surface area contributed by atoms with Crippen molar-refractivity contribution in [2.75, 3.05) is 13.7 Å². The van der Waals surface area contributed by atoms with E-state index in [2.05, 4.69) is 6.92 Å². The molecule has 0 atom stereocenters. The second kappa shape index (κ2) is 6.27. The molecule has 2 rings (SSSR count). The number of esters is 1. The molecule has 0 aliphatic heterocycles. The minimum atomic E-state index is -0.193. The zero-order valence-electron chi connectivity index (χ0n) is 11.4. The first-order valence-electron chi connectivity index (χ1n) is 6.53. The lowest BCUT2D eigenvalue weighted by Gasteiger charge is -2.07. The molecule has 0 amide bonds. The molecule has 0 fully saturated rings. The molecular formula is C15H19NO3. The van der Waals surface area contributed by atoms with Gasteiger partial charge in [-0.15, -0.1) is 0 Å². The van der Waals surface area contributed by atoms with Crippen LogP contribution in [0.2, 0.25) is 0 Å². The van der Waals surface area contributed by atoms with Gasteiger partial charge in [-0.25, -0.2) is 0 Å². The lowest BCUT2D eigenvalue weighted by atomic mass is 10.2. The van der Waals surface area contributed by atoms with E-state index in [0.29, 0.717) is 6.61 Å². The molecule has 4 heteroatoms. The maximum Gasteiger partial charge on any atom is 0.325 e. The van der Waals surface area contributed by atoms with E-state index < -0.39 is 0 Å². The SMILES string of the molecule is CCCCOC(=O)Cn1ccc2cc(OC)ccc21. The highest BCUT2D eigenvalue weighted by Gasteiger charge is 2.07. The van der Waals surface area contributed by atoms with Crippen molar-refractivity contribution in [1.82, 2.24) is 4.57 Å². The smallest absolute Gasteiger partial charge is 0.325 e. The third-order valence-corrected chi connectivity index (χ3v) is 3.04. The van der Waals surface area contributed by atoms with Gasteiger partial charge in [0.25, 0.3) is 0 Å². The van der Waals surface area contributed by atoms with E-state index in [1.54, 1.807) is 7.11 Å². The van der Waals surface area contributed by atoms with Crippen molar-refractivity contribution in [3.05, 3.63) is 30.5 Å². The molecule has 0 saturated heterocycles. The Balaban J connectivity index is 2.06. The predicted octanol–water partition coefficient (Wildman–Crippen LogP) is 2.99. The van der Waals surface area contributed by atoms with Crippen LogP contribution in [0.4, 0.5) is 0 Å². The molecule has 1 aromatic heterocycles. The monoisotopic (exact) mass is 261 g/mol. The molecule has 0 radical (unpaired) electrons. The second-order valence-electron chi connectivity index (χ2n) is 4.44. The molecule has 0 N–H and O–H groups in total. The Morgan fingerprint density at radius 3 is 2.89 bits per heavy atom. The average Bonchev–Trinajstić information content (AvgIpc) is 2.81. The highest BCUT2D eigenvalue weighted by molar-refractivity contribution is 5.83. The van der Waals surface area contributed by atoms with Gasteiger partial charge in [-0.05, 0) is 30.7 Å². The highest BCUT2D eigenvalue weighted by Crippen LogP contribution is 2.21. The molecule has 19 heavy (non-hydrogen) atoms. The topological polar surface area (TPSA) is 40.5 Å². The van der Waals surface area contributed by atoms with Crippen LogP contribution in [-0.4, -0.2) is 24.3 Å². The third-order valence-electron chi connectivity index (χ3n) is 3.04. The maximum absolute atomic E-state index is 11.7. The zero-order valence-corrected chi connectivity index (χ0v) is 11.4. The first kappa shape index (κ1) is 13.5. The summed E-state index contributed by atoms with van der Waals surface area (Å²) in [6, 6.07) is 7.76. The number of hydrogen-bond donors (Lipinski definition) is 0. The Labute approximate surface area is 112 Å². The van der Waals surface area contributed by atoms with Gasteiger partial charge in [-0.1, -0.05) is 13.3 Å². The van der Waals surface area contributed by atoms with Crippen molar-refractivity contribution in [3.63, 3.8) is 0 Å². The normalized spacial score (nSPS) is 10.6. The summed E-state index contributed by atoms with van der Waals surface area (Å²) in [4.78, 5) is 11.7. The molecule has 0 spiro atoms. The molecule has 0 saturated carbocycles. The summed E-state index contributed by atoms with van der Waals surface area (Å²) in [6.07, 6.45) is 3.83. The van der Waals surface area contributed by atoms with Gasteiger partial charge < -0.3 is 14.0 Å². The fourth-order valence-electron chi connectivity index (χ4n) is 1.96. The van der Waals surface area contributed by atoms with Crippen LogP contribution in [-0.2, 0) is 16.1 Å². The van der Waals surface area contributed by atoms with Crippen molar-refractivity contribution < 1.29 is 14.3 Å². The largest absolute Gasteiger partial charge is 0.497 e. The Morgan fingerprint density at radius 1 is 1.32 bits per heavy atom. The quantitative estimate of drug-likeness (QED) is 0.593. The van der Waals surface area contributed by atoms with Gasteiger partial charge in [0.1, 0.15) is 12.3 Å². The van der Waals surface area contributed by atoms with Gasteiger partial charge in [-0.2, -0.15) is 0 Å². The summed E-state index contributed by atoms with van der Waals surface area (Å²) in [5.74, 6) is 0.623. The van der Waals surface area contributed by atoms with Gasteiger partial charge in [0.05, 0.1) is 13.7 Å². The number of fused-ring (bicyclic) bond motifs is 1. The van der Waals surface area contributed by atoms with Gasteiger partial charge in [0.2, 0.25) is 0 Å². The minimum absolute atomic E-state index is 0.193. The van der Waals surface area contributed by atoms with Crippen LogP contribution in [0.1, 0.15) is 19.8 Å². The predicted molar refractivity (Wildman–Crippen MR) is 74.4 cm³/mol. The van der Waals surface area contributed by atoms with E-state index in [0.717, 1.165) is 29.5 Å². The van der Waals surface area contributed by atoms with Crippen LogP contribution in [0.25, 0.3) is 10.9 Å². The number of hydrogen-bond acceptors (Lipinski definition) is 3. The first-order chi connectivity index (χ1) is 9.24. The summed E-state index contributed by atoms with van der Waals surface area (Å²) in [5, 5.41) is 1.06. The fourth-order valence-corrected chi connectivity index (χ4v) is 1.96. The number of ether oxygens (including phenoxy) is 2. The third kappa shape index (κ3) is 3.28. The van der Waals surface area contributed by atoms with E-state index in [1.807, 2.05) is 35.0 Å². The van der Waals surface area contributed by atoms with E-state index in [4.69, 9.17) is 9.47 Å². The summed E-state index contributed by atoms with van der Waals surface area (Å²) >= 11 is 0. The summed E-state index contributed by atoms with van der Waals surface area (Å²) in [5.41, 5.74) is 1.01. The molecule has 2 aromatic rings. The molecule has 0 aliphatic rings. The van der Waals surface area contributed by atoms with Crippen molar-refractivity contribution in [3.8, 4) is 5.75 Å². The number of carbonyl (C=O) groups is 1. The van der Waals surface area contributed by atoms with E-state index in [1.165, 1.54) is 0 Å². The van der Waals surface area contributed by atoms with Crippen molar-refractivity contribution >= 4 is 16.9 Å². The Kier molecular flexibility index (Phi) is 4.44. The molecular weight excluding hydrogens is 242 g/mol. The summed E-state index contributed by atoms with van der Waals surface area (Å²) in [6.45, 7) is 2.82. The standard InChI is InChI=1S/C15H19NO3/c1-3-4-9-19-15(17)11-16-8-7-12-10-13(18-2)5-6-14(12)16/h5-8,10H,3-4,9,11H2,1-2H3. The second-order valence-corrected chi connectivity index (χ2v) is 4.44. The van der Waals surface area contributed by atoms with Crippen LogP contribution in [0.3, 0.4) is 0 Å². The minimum Gasteiger partial charge on any atom is -0.497 e. The van der Waals surface area contributed by atoms with Crippen LogP contribution in [0, 0.1) is 0 Å². The molecule has 0 bridgehead atoms. The number of rotatable bonds is 6. The van der Waals surface area contributed by atoms with Gasteiger partial charge >= 0.3 is 5.97 Å². The summed E-state index contributed by atoms with van der Waals surface area (Å²) < 4.78 is 12.2. The number of unbranched alkanes of at least 4 members (excludes halogenated alkanes) is 1. The Hall–Kier alpha value is -1.97. The van der Waals surface area contributed by atoms with E-state index >= 15 is 0 Å². The van der Waals surface area contributed by atoms with Gasteiger partial charge in [0, 0.05) is 17.1 Å². The van der Waals surface area contributed by atoms with Crippen molar-refractivity contribution in [1.29, 1.82) is 0 Å². The fraction of sp³-hybridized carbons (Fsp3) is 0.400. The van der Waals surface area contributed by atoms with Crippen LogP contribution >= 0.6 is 0 Å². The highest BCUT2D eigenvalue weighted by atomic mass is 16.5. The van der Waals surface area contributed by atoms with Crippen LogP contribution in [0.5, 0.6) is 5.75 Å². The van der Waals surface area contributed by atoms with Crippen LogP contribution < -0.4 is 4.74 Å². The number of carbonyl (C=O) groups excluding carboxylic acids is 1. The zero-order chi connectivity index (χ0) is 13.7. The van der Waals surface area contributed by atoms with Gasteiger partial charge in [0.15, 0.2) is 0 Å². The Bertz CT molecular complexity index is 560. The summed E-state index contributed by atoms with van der Waals surface area (Å²) in [7, 11) is 1.64. The first-order valence-corrected chi connectivity index (χ1v) is 6.53. The number of aromatic nitrogens is 1. The lowest BCUT2D eigenvalue weighted by Crippen LogP contribution is -2.13. The Morgan fingerprint density at radius 2 is 2.16 bits per heavy atom.